The molecule has 0 aromatic heterocycles. The summed E-state index contributed by atoms with van der Waals surface area (Å²) >= 11 is 6.27. The van der Waals surface area contributed by atoms with Crippen molar-refractivity contribution >= 4 is 40.8 Å². The van der Waals surface area contributed by atoms with E-state index in [2.05, 4.69) is 5.32 Å². The van der Waals surface area contributed by atoms with E-state index in [1.807, 2.05) is 48.5 Å². The molecule has 0 saturated carbocycles. The second kappa shape index (κ2) is 9.71. The van der Waals surface area contributed by atoms with Crippen molar-refractivity contribution in [3.05, 3.63) is 101 Å². The molecule has 29 heavy (non-hydrogen) atoms. The maximum atomic E-state index is 13.0. The zero-order valence-corrected chi connectivity index (χ0v) is 16.6. The number of rotatable bonds is 6. The van der Waals surface area contributed by atoms with Gasteiger partial charge in [0.25, 0.3) is 5.91 Å². The van der Waals surface area contributed by atoms with Gasteiger partial charge < -0.3 is 10.1 Å². The molecule has 5 heteroatoms. The minimum Gasteiger partial charge on any atom is -0.462 e. The van der Waals surface area contributed by atoms with Gasteiger partial charge >= 0.3 is 5.97 Å². The Morgan fingerprint density at radius 2 is 1.55 bits per heavy atom. The van der Waals surface area contributed by atoms with Crippen molar-refractivity contribution in [3.63, 3.8) is 0 Å². The predicted octanol–water partition coefficient (Wildman–Crippen LogP) is 5.70. The molecule has 0 fully saturated rings. The van der Waals surface area contributed by atoms with E-state index in [1.54, 1.807) is 43.3 Å². The van der Waals surface area contributed by atoms with E-state index in [4.69, 9.17) is 16.3 Å². The normalized spacial score (nSPS) is 11.0. The Labute approximate surface area is 174 Å². The number of benzene rings is 3. The van der Waals surface area contributed by atoms with Crippen molar-refractivity contribution in [3.8, 4) is 0 Å². The number of anilines is 1. The molecule has 0 radical (unpaired) electrons. The molecule has 0 bridgehead atoms. The standard InChI is InChI=1S/C24H20ClNO3/c1-2-29-24(28)18-12-14-20(15-13-18)26-23(27)21(17-8-4-3-5-9-17)16-19-10-6-7-11-22(19)25/h3-16H,2H2,1H3,(H,26,27). The molecule has 0 saturated heterocycles. The van der Waals surface area contributed by atoms with Crippen LogP contribution in [0, 0.1) is 0 Å². The maximum Gasteiger partial charge on any atom is 0.338 e. The van der Waals surface area contributed by atoms with Crippen molar-refractivity contribution in [1.82, 2.24) is 0 Å². The SMILES string of the molecule is CCOC(=O)c1ccc(NC(=O)C(=Cc2ccccc2Cl)c2ccccc2)cc1. The summed E-state index contributed by atoms with van der Waals surface area (Å²) in [6, 6.07) is 23.3. The lowest BCUT2D eigenvalue weighted by Gasteiger charge is -2.11. The summed E-state index contributed by atoms with van der Waals surface area (Å²) in [5.74, 6) is -0.672. The second-order valence-electron chi connectivity index (χ2n) is 6.20. The van der Waals surface area contributed by atoms with E-state index in [-0.39, 0.29) is 5.91 Å². The van der Waals surface area contributed by atoms with Crippen LogP contribution in [0.3, 0.4) is 0 Å². The highest BCUT2D eigenvalue weighted by molar-refractivity contribution is 6.34. The van der Waals surface area contributed by atoms with Crippen LogP contribution in [-0.2, 0) is 9.53 Å². The number of hydrogen-bond acceptors (Lipinski definition) is 3. The first-order valence-electron chi connectivity index (χ1n) is 9.18. The average molecular weight is 406 g/mol. The van der Waals surface area contributed by atoms with Gasteiger partial charge in [-0.15, -0.1) is 0 Å². The van der Waals surface area contributed by atoms with Gasteiger partial charge in [-0.05, 0) is 54.5 Å². The van der Waals surface area contributed by atoms with Gasteiger partial charge in [-0.2, -0.15) is 0 Å². The third-order valence-electron chi connectivity index (χ3n) is 4.19. The van der Waals surface area contributed by atoms with Crippen LogP contribution >= 0.6 is 11.6 Å². The van der Waals surface area contributed by atoms with Gasteiger partial charge in [0, 0.05) is 16.3 Å². The Balaban J connectivity index is 1.88. The van der Waals surface area contributed by atoms with E-state index in [9.17, 15) is 9.59 Å². The lowest BCUT2D eigenvalue weighted by Crippen LogP contribution is -2.14. The van der Waals surface area contributed by atoms with Crippen LogP contribution in [0.15, 0.2) is 78.9 Å². The molecular formula is C24H20ClNO3. The summed E-state index contributed by atoms with van der Waals surface area (Å²) in [7, 11) is 0. The van der Waals surface area contributed by atoms with E-state index in [0.29, 0.717) is 28.5 Å². The monoisotopic (exact) mass is 405 g/mol. The third-order valence-corrected chi connectivity index (χ3v) is 4.53. The molecule has 146 valence electrons. The first-order chi connectivity index (χ1) is 14.1. The largest absolute Gasteiger partial charge is 0.462 e. The van der Waals surface area contributed by atoms with Crippen molar-refractivity contribution < 1.29 is 14.3 Å². The number of carbonyl (C=O) groups is 2. The highest BCUT2D eigenvalue weighted by Gasteiger charge is 2.14. The van der Waals surface area contributed by atoms with E-state index >= 15 is 0 Å². The molecule has 1 N–H and O–H groups in total. The summed E-state index contributed by atoms with van der Waals surface area (Å²) in [5, 5.41) is 3.44. The molecule has 0 aliphatic heterocycles. The maximum absolute atomic E-state index is 13.0. The summed E-state index contributed by atoms with van der Waals surface area (Å²) in [4.78, 5) is 24.8. The van der Waals surface area contributed by atoms with Crippen molar-refractivity contribution in [2.24, 2.45) is 0 Å². The van der Waals surface area contributed by atoms with Gasteiger partial charge in [-0.25, -0.2) is 4.79 Å². The van der Waals surface area contributed by atoms with Gasteiger partial charge in [0.1, 0.15) is 0 Å². The average Bonchev–Trinajstić information content (AvgIpc) is 2.74. The number of hydrogen-bond donors (Lipinski definition) is 1. The van der Waals surface area contributed by atoms with E-state index < -0.39 is 5.97 Å². The van der Waals surface area contributed by atoms with E-state index in [0.717, 1.165) is 11.1 Å². The quantitative estimate of drug-likeness (QED) is 0.325. The van der Waals surface area contributed by atoms with Crippen LogP contribution in [0.25, 0.3) is 11.6 Å². The Morgan fingerprint density at radius 3 is 2.21 bits per heavy atom. The molecule has 1 amide bonds. The molecule has 0 atom stereocenters. The van der Waals surface area contributed by atoms with Gasteiger partial charge in [0.15, 0.2) is 0 Å². The Hall–Kier alpha value is -3.37. The Bertz CT molecular complexity index is 1030. The molecule has 3 rings (SSSR count). The number of amides is 1. The lowest BCUT2D eigenvalue weighted by atomic mass is 10.0. The van der Waals surface area contributed by atoms with Crippen LogP contribution < -0.4 is 5.32 Å². The number of carbonyl (C=O) groups excluding carboxylic acids is 2. The Morgan fingerprint density at radius 1 is 0.897 bits per heavy atom. The molecule has 0 heterocycles. The lowest BCUT2D eigenvalue weighted by molar-refractivity contribution is -0.111. The minimum absolute atomic E-state index is 0.278. The zero-order valence-electron chi connectivity index (χ0n) is 15.9. The summed E-state index contributed by atoms with van der Waals surface area (Å²) in [6.07, 6.45) is 1.76. The number of ether oxygens (including phenoxy) is 1. The van der Waals surface area contributed by atoms with Crippen molar-refractivity contribution in [1.29, 1.82) is 0 Å². The molecule has 0 unspecified atom stereocenters. The Kier molecular flexibility index (Phi) is 6.82. The van der Waals surface area contributed by atoms with Gasteiger partial charge in [-0.1, -0.05) is 60.1 Å². The smallest absolute Gasteiger partial charge is 0.338 e. The van der Waals surface area contributed by atoms with Gasteiger partial charge in [-0.3, -0.25) is 4.79 Å². The third kappa shape index (κ3) is 5.33. The fraction of sp³-hybridized carbons (Fsp3) is 0.0833. The first-order valence-corrected chi connectivity index (χ1v) is 9.56. The van der Waals surface area contributed by atoms with Crippen LogP contribution in [0.4, 0.5) is 5.69 Å². The predicted molar refractivity (Wildman–Crippen MR) is 117 cm³/mol. The number of halogens is 1. The van der Waals surface area contributed by atoms with Crippen LogP contribution in [0.1, 0.15) is 28.4 Å². The summed E-state index contributed by atoms with van der Waals surface area (Å²) in [5.41, 5.74) is 3.01. The first kappa shape index (κ1) is 20.4. The highest BCUT2D eigenvalue weighted by Crippen LogP contribution is 2.24. The minimum atomic E-state index is -0.394. The fourth-order valence-corrected chi connectivity index (χ4v) is 2.94. The highest BCUT2D eigenvalue weighted by atomic mass is 35.5. The summed E-state index contributed by atoms with van der Waals surface area (Å²) < 4.78 is 4.97. The topological polar surface area (TPSA) is 55.4 Å². The second-order valence-corrected chi connectivity index (χ2v) is 6.60. The van der Waals surface area contributed by atoms with Gasteiger partial charge in [0.05, 0.1) is 12.2 Å². The molecule has 0 aliphatic rings. The van der Waals surface area contributed by atoms with Crippen LogP contribution in [-0.4, -0.2) is 18.5 Å². The number of nitrogens with one attached hydrogen (secondary N) is 1. The van der Waals surface area contributed by atoms with Crippen molar-refractivity contribution in [2.45, 2.75) is 6.92 Å². The van der Waals surface area contributed by atoms with Crippen LogP contribution in [0.5, 0.6) is 0 Å². The molecule has 3 aromatic rings. The molecule has 4 nitrogen and oxygen atoms in total. The van der Waals surface area contributed by atoms with Crippen molar-refractivity contribution in [2.75, 3.05) is 11.9 Å². The number of esters is 1. The van der Waals surface area contributed by atoms with Gasteiger partial charge in [0.2, 0.25) is 0 Å². The summed E-state index contributed by atoms with van der Waals surface area (Å²) in [6.45, 7) is 2.06. The van der Waals surface area contributed by atoms with E-state index in [1.165, 1.54) is 0 Å². The molecular weight excluding hydrogens is 386 g/mol. The fourth-order valence-electron chi connectivity index (χ4n) is 2.75. The zero-order chi connectivity index (χ0) is 20.6. The molecule has 0 aliphatic carbocycles. The molecule has 0 spiro atoms. The van der Waals surface area contributed by atoms with Crippen LogP contribution in [0.2, 0.25) is 5.02 Å². The molecule has 3 aromatic carbocycles.